The van der Waals surface area contributed by atoms with Gasteiger partial charge in [0, 0.05) is 11.4 Å². The summed E-state index contributed by atoms with van der Waals surface area (Å²) in [5.74, 6) is 0. The lowest BCUT2D eigenvalue weighted by Gasteiger charge is -1.94. The predicted octanol–water partition coefficient (Wildman–Crippen LogP) is 3.47. The molecule has 1 rings (SSSR count). The van der Waals surface area contributed by atoms with Crippen LogP contribution in [0, 0.1) is 6.42 Å². The molecule has 0 aliphatic carbocycles. The molecule has 0 fully saturated rings. The van der Waals surface area contributed by atoms with Crippen LogP contribution in [-0.4, -0.2) is 0 Å². The molecular weight excluding hydrogens is 156 g/mol. The molecule has 0 N–H and O–H groups in total. The summed E-state index contributed by atoms with van der Waals surface area (Å²) in [5, 5.41) is 0.780. The number of hydrogen-bond donors (Lipinski definition) is 0. The Hall–Kier alpha value is -0.750. The summed E-state index contributed by atoms with van der Waals surface area (Å²) in [7, 11) is 0. The van der Waals surface area contributed by atoms with E-state index in [0.29, 0.717) is 0 Å². The van der Waals surface area contributed by atoms with Crippen molar-refractivity contribution in [1.29, 1.82) is 0 Å². The third kappa shape index (κ3) is 2.77. The van der Waals surface area contributed by atoms with E-state index in [-0.39, 0.29) is 0 Å². The molecule has 0 bridgehead atoms. The first-order valence-corrected chi connectivity index (χ1v) is 3.92. The highest BCUT2D eigenvalue weighted by Crippen LogP contribution is 2.10. The minimum absolute atomic E-state index is 0.780. The van der Waals surface area contributed by atoms with Crippen LogP contribution in [0.2, 0.25) is 5.02 Å². The summed E-state index contributed by atoms with van der Waals surface area (Å²) >= 11 is 5.71. The molecule has 0 saturated carbocycles. The van der Waals surface area contributed by atoms with E-state index >= 15 is 0 Å². The Kier molecular flexibility index (Phi) is 3.18. The van der Waals surface area contributed by atoms with E-state index in [0.717, 1.165) is 5.02 Å². The van der Waals surface area contributed by atoms with Crippen molar-refractivity contribution < 1.29 is 0 Å². The molecule has 11 heavy (non-hydrogen) atoms. The molecule has 0 heterocycles. The first kappa shape index (κ1) is 8.35. The number of rotatable bonds is 2. The van der Waals surface area contributed by atoms with Crippen molar-refractivity contribution in [2.24, 2.45) is 0 Å². The van der Waals surface area contributed by atoms with E-state index in [1.165, 1.54) is 5.56 Å². The van der Waals surface area contributed by atoms with Gasteiger partial charge in [0.1, 0.15) is 0 Å². The Morgan fingerprint density at radius 1 is 1.18 bits per heavy atom. The van der Waals surface area contributed by atoms with Crippen LogP contribution >= 0.6 is 11.6 Å². The SMILES string of the molecule is C/C=C/[CH]c1ccc(Cl)cc1. The van der Waals surface area contributed by atoms with Gasteiger partial charge in [-0.05, 0) is 24.6 Å². The summed E-state index contributed by atoms with van der Waals surface area (Å²) in [6, 6.07) is 7.75. The fourth-order valence-corrected chi connectivity index (χ4v) is 0.907. The third-order valence-corrected chi connectivity index (χ3v) is 1.60. The van der Waals surface area contributed by atoms with Crippen LogP contribution in [0.15, 0.2) is 36.4 Å². The topological polar surface area (TPSA) is 0 Å². The maximum atomic E-state index is 5.71. The molecule has 57 valence electrons. The van der Waals surface area contributed by atoms with E-state index in [1.54, 1.807) is 0 Å². The molecule has 0 aliphatic rings. The van der Waals surface area contributed by atoms with Crippen molar-refractivity contribution in [1.82, 2.24) is 0 Å². The molecule has 1 radical (unpaired) electrons. The lowest BCUT2D eigenvalue weighted by atomic mass is 10.1. The van der Waals surface area contributed by atoms with E-state index in [2.05, 4.69) is 0 Å². The average molecular weight is 166 g/mol. The highest BCUT2D eigenvalue weighted by atomic mass is 35.5. The minimum Gasteiger partial charge on any atom is -0.0910 e. The summed E-state index contributed by atoms with van der Waals surface area (Å²) in [5.41, 5.74) is 1.17. The van der Waals surface area contributed by atoms with E-state index in [1.807, 2.05) is 49.8 Å². The summed E-state index contributed by atoms with van der Waals surface area (Å²) in [4.78, 5) is 0. The smallest absolute Gasteiger partial charge is 0.0406 e. The van der Waals surface area contributed by atoms with Crippen LogP contribution in [0.5, 0.6) is 0 Å². The van der Waals surface area contributed by atoms with Crippen molar-refractivity contribution in [2.75, 3.05) is 0 Å². The third-order valence-electron chi connectivity index (χ3n) is 1.35. The molecule has 0 amide bonds. The number of hydrogen-bond acceptors (Lipinski definition) is 0. The average Bonchev–Trinajstić information content (AvgIpc) is 2.04. The van der Waals surface area contributed by atoms with Gasteiger partial charge >= 0.3 is 0 Å². The Bertz CT molecular complexity index is 234. The summed E-state index contributed by atoms with van der Waals surface area (Å²) < 4.78 is 0. The lowest BCUT2D eigenvalue weighted by Crippen LogP contribution is -1.75. The van der Waals surface area contributed by atoms with Crippen LogP contribution in [-0.2, 0) is 0 Å². The van der Waals surface area contributed by atoms with Crippen LogP contribution in [0.1, 0.15) is 12.5 Å². The summed E-state index contributed by atoms with van der Waals surface area (Å²) in [6.07, 6.45) is 6.04. The Morgan fingerprint density at radius 2 is 1.82 bits per heavy atom. The zero-order valence-corrected chi connectivity index (χ0v) is 7.18. The van der Waals surface area contributed by atoms with Gasteiger partial charge in [0.2, 0.25) is 0 Å². The minimum atomic E-state index is 0.780. The van der Waals surface area contributed by atoms with Crippen molar-refractivity contribution in [2.45, 2.75) is 6.92 Å². The monoisotopic (exact) mass is 165 g/mol. The lowest BCUT2D eigenvalue weighted by molar-refractivity contribution is 1.51. The quantitative estimate of drug-likeness (QED) is 0.630. The highest BCUT2D eigenvalue weighted by Gasteiger charge is 1.88. The van der Waals surface area contributed by atoms with E-state index in [9.17, 15) is 0 Å². The standard InChI is InChI=1S/C10H10Cl/c1-2-3-4-9-5-7-10(11)8-6-9/h2-8H,1H3/b3-2+. The first-order chi connectivity index (χ1) is 5.33. The zero-order chi connectivity index (χ0) is 8.10. The molecule has 0 spiro atoms. The molecule has 0 aliphatic heterocycles. The van der Waals surface area contributed by atoms with Gasteiger partial charge in [-0.1, -0.05) is 35.9 Å². The number of halogens is 1. The van der Waals surface area contributed by atoms with Crippen LogP contribution < -0.4 is 0 Å². The van der Waals surface area contributed by atoms with Gasteiger partial charge in [0.25, 0.3) is 0 Å². The maximum absolute atomic E-state index is 5.71. The van der Waals surface area contributed by atoms with E-state index < -0.39 is 0 Å². The van der Waals surface area contributed by atoms with Crippen LogP contribution in [0.4, 0.5) is 0 Å². The molecule has 0 atom stereocenters. The van der Waals surface area contributed by atoms with Gasteiger partial charge < -0.3 is 0 Å². The largest absolute Gasteiger partial charge is 0.0910 e. The number of allylic oxidation sites excluding steroid dienone is 2. The number of benzene rings is 1. The van der Waals surface area contributed by atoms with Gasteiger partial charge in [-0.25, -0.2) is 0 Å². The van der Waals surface area contributed by atoms with Gasteiger partial charge in [0.05, 0.1) is 0 Å². The second-order valence-electron chi connectivity index (χ2n) is 2.24. The molecule has 0 saturated heterocycles. The van der Waals surface area contributed by atoms with Crippen molar-refractivity contribution >= 4 is 11.6 Å². The van der Waals surface area contributed by atoms with Gasteiger partial charge in [-0.3, -0.25) is 0 Å². The van der Waals surface area contributed by atoms with E-state index in [4.69, 9.17) is 11.6 Å². The molecule has 1 aromatic rings. The highest BCUT2D eigenvalue weighted by molar-refractivity contribution is 6.30. The Labute approximate surface area is 72.5 Å². The molecular formula is C10H10Cl. The van der Waals surface area contributed by atoms with Gasteiger partial charge in [0.15, 0.2) is 0 Å². The predicted molar refractivity (Wildman–Crippen MR) is 49.7 cm³/mol. The van der Waals surface area contributed by atoms with Gasteiger partial charge in [-0.15, -0.1) is 0 Å². The van der Waals surface area contributed by atoms with Crippen molar-refractivity contribution in [3.8, 4) is 0 Å². The van der Waals surface area contributed by atoms with Crippen LogP contribution in [0.3, 0.4) is 0 Å². The van der Waals surface area contributed by atoms with Crippen molar-refractivity contribution in [3.63, 3.8) is 0 Å². The zero-order valence-electron chi connectivity index (χ0n) is 6.42. The van der Waals surface area contributed by atoms with Crippen LogP contribution in [0.25, 0.3) is 0 Å². The Balaban J connectivity index is 2.66. The van der Waals surface area contributed by atoms with Crippen molar-refractivity contribution in [3.05, 3.63) is 53.4 Å². The summed E-state index contributed by atoms with van der Waals surface area (Å²) in [6.45, 7) is 1.99. The molecule has 0 unspecified atom stereocenters. The normalized spacial score (nSPS) is 10.7. The van der Waals surface area contributed by atoms with Gasteiger partial charge in [-0.2, -0.15) is 0 Å². The fraction of sp³-hybridized carbons (Fsp3) is 0.100. The molecule has 1 heteroatoms. The fourth-order valence-electron chi connectivity index (χ4n) is 0.781. The first-order valence-electron chi connectivity index (χ1n) is 3.54. The second-order valence-corrected chi connectivity index (χ2v) is 2.68. The molecule has 0 nitrogen and oxygen atoms in total. The maximum Gasteiger partial charge on any atom is 0.0406 e. The second kappa shape index (κ2) is 4.20. The Morgan fingerprint density at radius 3 is 2.36 bits per heavy atom. The molecule has 1 aromatic carbocycles. The molecule has 0 aromatic heterocycles.